The average Bonchev–Trinajstić information content (AvgIpc) is 2.85. The van der Waals surface area contributed by atoms with Crippen LogP contribution in [0.4, 0.5) is 5.82 Å². The molecule has 94 valence electrons. The molecule has 0 saturated carbocycles. The number of rotatable bonds is 2. The highest BCUT2D eigenvalue weighted by Crippen LogP contribution is 2.26. The molecule has 0 bridgehead atoms. The second kappa shape index (κ2) is 5.07. The molecule has 3 rings (SSSR count). The van der Waals surface area contributed by atoms with Gasteiger partial charge >= 0.3 is 0 Å². The van der Waals surface area contributed by atoms with Gasteiger partial charge < -0.3 is 5.32 Å². The molecular weight excluding hydrogens is 326 g/mol. The number of hydrogen-bond donors (Lipinski definition) is 1. The average molecular weight is 334 g/mol. The zero-order chi connectivity index (χ0) is 13.2. The summed E-state index contributed by atoms with van der Waals surface area (Å²) in [6.45, 7) is 0. The van der Waals surface area contributed by atoms with Crippen LogP contribution in [0, 0.1) is 0 Å². The molecule has 0 fully saturated rings. The number of benzene rings is 1. The van der Waals surface area contributed by atoms with Gasteiger partial charge in [0.15, 0.2) is 5.82 Å². The second-order valence-electron chi connectivity index (χ2n) is 3.82. The van der Waals surface area contributed by atoms with E-state index in [2.05, 4.69) is 31.2 Å². The van der Waals surface area contributed by atoms with Gasteiger partial charge in [-0.2, -0.15) is 0 Å². The number of amides is 1. The third-order valence-corrected chi connectivity index (χ3v) is 3.96. The molecule has 0 atom stereocenters. The summed E-state index contributed by atoms with van der Waals surface area (Å²) >= 11 is 4.75. The molecule has 1 aromatic carbocycles. The number of halogens is 1. The van der Waals surface area contributed by atoms with Crippen molar-refractivity contribution in [3.8, 4) is 0 Å². The van der Waals surface area contributed by atoms with Gasteiger partial charge in [-0.25, -0.2) is 9.97 Å². The van der Waals surface area contributed by atoms with Crippen LogP contribution in [0.15, 0.2) is 46.6 Å². The van der Waals surface area contributed by atoms with Gasteiger partial charge in [-0.05, 0) is 22.0 Å². The third kappa shape index (κ3) is 2.50. The Kier molecular flexibility index (Phi) is 3.27. The first-order valence-electron chi connectivity index (χ1n) is 5.49. The van der Waals surface area contributed by atoms with Gasteiger partial charge in [0.2, 0.25) is 0 Å². The topological polar surface area (TPSA) is 54.9 Å². The Hall–Kier alpha value is -1.79. The smallest absolute Gasteiger partial charge is 0.258 e. The summed E-state index contributed by atoms with van der Waals surface area (Å²) in [5.74, 6) is 0.262. The highest BCUT2D eigenvalue weighted by atomic mass is 79.9. The van der Waals surface area contributed by atoms with Crippen molar-refractivity contribution in [3.63, 3.8) is 0 Å². The number of hydrogen-bond acceptors (Lipinski definition) is 4. The van der Waals surface area contributed by atoms with E-state index in [1.807, 2.05) is 29.6 Å². The summed E-state index contributed by atoms with van der Waals surface area (Å²) in [6, 6.07) is 7.82. The van der Waals surface area contributed by atoms with Crippen molar-refractivity contribution in [1.29, 1.82) is 0 Å². The number of carbonyl (C=O) groups is 1. The molecule has 0 aliphatic heterocycles. The largest absolute Gasteiger partial charge is 0.305 e. The molecular formula is C13H8BrN3OS. The summed E-state index contributed by atoms with van der Waals surface area (Å²) < 4.78 is 1.72. The van der Waals surface area contributed by atoms with E-state index in [0.29, 0.717) is 16.0 Å². The number of nitrogens with zero attached hydrogens (tertiary/aromatic N) is 2. The number of anilines is 1. The van der Waals surface area contributed by atoms with E-state index in [-0.39, 0.29) is 5.91 Å². The predicted octanol–water partition coefficient (Wildman–Crippen LogP) is 3.71. The summed E-state index contributed by atoms with van der Waals surface area (Å²) in [6.07, 6.45) is 3.05. The lowest BCUT2D eigenvalue weighted by molar-refractivity contribution is 0.102. The Labute approximate surface area is 121 Å². The van der Waals surface area contributed by atoms with Gasteiger partial charge in [0, 0.05) is 15.5 Å². The number of carbonyl (C=O) groups excluding carboxylic acids is 1. The SMILES string of the molecule is O=C(Nc1cnc(Br)cn1)c1csc2ccccc12. The molecule has 2 heterocycles. The first-order valence-corrected chi connectivity index (χ1v) is 7.16. The van der Waals surface area contributed by atoms with E-state index in [0.717, 1.165) is 10.1 Å². The molecule has 0 saturated heterocycles. The first-order chi connectivity index (χ1) is 9.24. The Bertz CT molecular complexity index is 739. The first kappa shape index (κ1) is 12.3. The minimum absolute atomic E-state index is 0.172. The minimum atomic E-state index is -0.172. The normalized spacial score (nSPS) is 10.6. The van der Waals surface area contributed by atoms with Crippen molar-refractivity contribution in [3.05, 3.63) is 52.2 Å². The Balaban J connectivity index is 1.90. The van der Waals surface area contributed by atoms with Gasteiger partial charge in [-0.3, -0.25) is 4.79 Å². The molecule has 0 aliphatic carbocycles. The van der Waals surface area contributed by atoms with Gasteiger partial charge in [0.25, 0.3) is 5.91 Å². The van der Waals surface area contributed by atoms with Gasteiger partial charge in [0.1, 0.15) is 4.60 Å². The van der Waals surface area contributed by atoms with Crippen LogP contribution < -0.4 is 5.32 Å². The van der Waals surface area contributed by atoms with Crippen molar-refractivity contribution in [2.24, 2.45) is 0 Å². The monoisotopic (exact) mass is 333 g/mol. The van der Waals surface area contributed by atoms with Crippen molar-refractivity contribution in [1.82, 2.24) is 9.97 Å². The summed E-state index contributed by atoms with van der Waals surface area (Å²) in [4.78, 5) is 20.3. The van der Waals surface area contributed by atoms with Crippen molar-refractivity contribution >= 4 is 49.1 Å². The molecule has 0 unspecified atom stereocenters. The fraction of sp³-hybridized carbons (Fsp3) is 0. The quantitative estimate of drug-likeness (QED) is 0.777. The predicted molar refractivity (Wildman–Crippen MR) is 79.5 cm³/mol. The molecule has 0 spiro atoms. The summed E-state index contributed by atoms with van der Waals surface area (Å²) in [5, 5.41) is 5.54. The molecule has 1 amide bonds. The van der Waals surface area contributed by atoms with Crippen LogP contribution in [-0.2, 0) is 0 Å². The molecule has 0 radical (unpaired) electrons. The fourth-order valence-corrected chi connectivity index (χ4v) is 2.86. The van der Waals surface area contributed by atoms with Gasteiger partial charge in [-0.1, -0.05) is 18.2 Å². The van der Waals surface area contributed by atoms with Crippen LogP contribution in [0.1, 0.15) is 10.4 Å². The summed E-state index contributed by atoms with van der Waals surface area (Å²) in [7, 11) is 0. The van der Waals surface area contributed by atoms with E-state index in [4.69, 9.17) is 0 Å². The Morgan fingerprint density at radius 1 is 1.21 bits per heavy atom. The molecule has 0 aliphatic rings. The molecule has 2 aromatic heterocycles. The van der Waals surface area contributed by atoms with E-state index >= 15 is 0 Å². The third-order valence-electron chi connectivity index (χ3n) is 2.59. The zero-order valence-corrected chi connectivity index (χ0v) is 12.0. The Morgan fingerprint density at radius 2 is 2.05 bits per heavy atom. The van der Waals surface area contributed by atoms with Gasteiger partial charge in [0.05, 0.1) is 18.0 Å². The molecule has 19 heavy (non-hydrogen) atoms. The minimum Gasteiger partial charge on any atom is -0.305 e. The maximum Gasteiger partial charge on any atom is 0.258 e. The van der Waals surface area contributed by atoms with E-state index < -0.39 is 0 Å². The maximum atomic E-state index is 12.2. The van der Waals surface area contributed by atoms with Crippen LogP contribution in [0.2, 0.25) is 0 Å². The fourth-order valence-electron chi connectivity index (χ4n) is 1.71. The number of thiophene rings is 1. The maximum absolute atomic E-state index is 12.2. The molecule has 6 heteroatoms. The van der Waals surface area contributed by atoms with E-state index in [9.17, 15) is 4.79 Å². The summed E-state index contributed by atoms with van der Waals surface area (Å²) in [5.41, 5.74) is 0.658. The van der Waals surface area contributed by atoms with Crippen molar-refractivity contribution in [2.45, 2.75) is 0 Å². The Morgan fingerprint density at radius 3 is 2.84 bits per heavy atom. The highest BCUT2D eigenvalue weighted by molar-refractivity contribution is 9.10. The number of aromatic nitrogens is 2. The zero-order valence-electron chi connectivity index (χ0n) is 9.63. The van der Waals surface area contributed by atoms with Crippen LogP contribution in [0.5, 0.6) is 0 Å². The van der Waals surface area contributed by atoms with E-state index in [1.165, 1.54) is 6.20 Å². The number of nitrogens with one attached hydrogen (secondary N) is 1. The van der Waals surface area contributed by atoms with Crippen molar-refractivity contribution < 1.29 is 4.79 Å². The lowest BCUT2D eigenvalue weighted by atomic mass is 10.2. The number of fused-ring (bicyclic) bond motifs is 1. The lowest BCUT2D eigenvalue weighted by Crippen LogP contribution is -2.12. The van der Waals surface area contributed by atoms with Crippen molar-refractivity contribution in [2.75, 3.05) is 5.32 Å². The van der Waals surface area contributed by atoms with Gasteiger partial charge in [-0.15, -0.1) is 11.3 Å². The van der Waals surface area contributed by atoms with Crippen LogP contribution >= 0.6 is 27.3 Å². The standard InChI is InChI=1S/C13H8BrN3OS/c14-11-5-16-12(6-15-11)17-13(18)9-7-19-10-4-2-1-3-8(9)10/h1-7H,(H,16,17,18). The molecule has 4 nitrogen and oxygen atoms in total. The van der Waals surface area contributed by atoms with E-state index in [1.54, 1.807) is 17.5 Å². The van der Waals surface area contributed by atoms with Crippen LogP contribution in [-0.4, -0.2) is 15.9 Å². The van der Waals surface area contributed by atoms with Crippen LogP contribution in [0.25, 0.3) is 10.1 Å². The second-order valence-corrected chi connectivity index (χ2v) is 5.55. The lowest BCUT2D eigenvalue weighted by Gasteiger charge is -2.02. The van der Waals surface area contributed by atoms with Crippen LogP contribution in [0.3, 0.4) is 0 Å². The molecule has 1 N–H and O–H groups in total. The highest BCUT2D eigenvalue weighted by Gasteiger charge is 2.12. The molecule has 3 aromatic rings.